The van der Waals surface area contributed by atoms with Gasteiger partial charge in [-0.05, 0) is 87.9 Å². The fraction of sp³-hybridized carbons (Fsp3) is 0.458. The van der Waals surface area contributed by atoms with E-state index in [1.807, 2.05) is 58.0 Å². The number of amides is 1. The number of carbonyl (C=O) groups is 1. The first kappa shape index (κ1) is 21.8. The monoisotopic (exact) mass is 383 g/mol. The van der Waals surface area contributed by atoms with Crippen LogP contribution in [0.5, 0.6) is 11.5 Å². The molecule has 0 spiro atoms. The van der Waals surface area contributed by atoms with Crippen LogP contribution >= 0.6 is 0 Å². The quantitative estimate of drug-likeness (QED) is 0.588. The summed E-state index contributed by atoms with van der Waals surface area (Å²) in [6, 6.07) is 14.1. The Hall–Kier alpha value is -2.49. The van der Waals surface area contributed by atoms with Gasteiger partial charge in [0.05, 0.1) is 6.10 Å². The predicted molar refractivity (Wildman–Crippen MR) is 114 cm³/mol. The minimum absolute atomic E-state index is 0.0578. The van der Waals surface area contributed by atoms with Gasteiger partial charge in [-0.3, -0.25) is 4.79 Å². The van der Waals surface area contributed by atoms with E-state index in [0.717, 1.165) is 29.9 Å². The highest BCUT2D eigenvalue weighted by Crippen LogP contribution is 2.19. The zero-order valence-corrected chi connectivity index (χ0v) is 17.7. The maximum absolute atomic E-state index is 12.5. The molecular formula is C24H33NO3. The number of carbonyl (C=O) groups excluding carboxylic acids is 1. The van der Waals surface area contributed by atoms with Gasteiger partial charge < -0.3 is 14.8 Å². The summed E-state index contributed by atoms with van der Waals surface area (Å²) >= 11 is 0. The lowest BCUT2D eigenvalue weighted by molar-refractivity contribution is -0.128. The summed E-state index contributed by atoms with van der Waals surface area (Å²) in [4.78, 5) is 12.5. The maximum atomic E-state index is 12.5. The number of rotatable bonds is 10. The molecule has 2 aromatic rings. The molecule has 0 aliphatic carbocycles. The lowest BCUT2D eigenvalue weighted by Gasteiger charge is -2.18. The van der Waals surface area contributed by atoms with Gasteiger partial charge in [-0.25, -0.2) is 0 Å². The Kier molecular flexibility index (Phi) is 8.37. The molecule has 2 rings (SSSR count). The molecule has 1 amide bonds. The minimum atomic E-state index is -0.468. The van der Waals surface area contributed by atoms with E-state index in [0.29, 0.717) is 13.0 Å². The first-order valence-electron chi connectivity index (χ1n) is 10.2. The highest BCUT2D eigenvalue weighted by Gasteiger charge is 2.18. The summed E-state index contributed by atoms with van der Waals surface area (Å²) in [6.07, 6.45) is 2.09. The molecular weight excluding hydrogens is 350 g/mol. The second-order valence-corrected chi connectivity index (χ2v) is 7.47. The van der Waals surface area contributed by atoms with Crippen molar-refractivity contribution in [2.45, 2.75) is 66.1 Å². The zero-order valence-electron chi connectivity index (χ0n) is 17.7. The summed E-state index contributed by atoms with van der Waals surface area (Å²) in [5, 5.41) is 3.00. The summed E-state index contributed by atoms with van der Waals surface area (Å²) in [5.41, 5.74) is 3.59. The lowest BCUT2D eigenvalue weighted by Crippen LogP contribution is -2.38. The van der Waals surface area contributed by atoms with E-state index < -0.39 is 6.10 Å². The van der Waals surface area contributed by atoms with Crippen molar-refractivity contribution in [2.24, 2.45) is 0 Å². The number of aryl methyl sites for hydroxylation is 3. The standard InChI is InChI=1S/C24H33NO3/c1-6-23(28-22-13-12-18(4)19(5)15-22)24(26)25-14-8-10-20-9-7-11-21(16-20)27-17(2)3/h7,9,11-13,15-17,23H,6,8,10,14H2,1-5H3,(H,25,26). The van der Waals surface area contributed by atoms with Gasteiger partial charge in [-0.2, -0.15) is 0 Å². The number of hydrogen-bond acceptors (Lipinski definition) is 3. The van der Waals surface area contributed by atoms with Gasteiger partial charge >= 0.3 is 0 Å². The molecule has 2 aromatic carbocycles. The normalized spacial score (nSPS) is 11.9. The lowest BCUT2D eigenvalue weighted by atomic mass is 10.1. The van der Waals surface area contributed by atoms with Gasteiger partial charge in [-0.15, -0.1) is 0 Å². The third kappa shape index (κ3) is 6.91. The fourth-order valence-corrected chi connectivity index (χ4v) is 2.94. The van der Waals surface area contributed by atoms with E-state index in [-0.39, 0.29) is 12.0 Å². The van der Waals surface area contributed by atoms with Crippen molar-refractivity contribution < 1.29 is 14.3 Å². The molecule has 4 heteroatoms. The predicted octanol–water partition coefficient (Wildman–Crippen LogP) is 5.00. The Labute approximate surface area is 169 Å². The van der Waals surface area contributed by atoms with E-state index >= 15 is 0 Å². The van der Waals surface area contributed by atoms with Crippen LogP contribution < -0.4 is 14.8 Å². The molecule has 152 valence electrons. The van der Waals surface area contributed by atoms with Crippen LogP contribution in [0.3, 0.4) is 0 Å². The third-order valence-electron chi connectivity index (χ3n) is 4.63. The van der Waals surface area contributed by atoms with Crippen molar-refractivity contribution >= 4 is 5.91 Å². The van der Waals surface area contributed by atoms with Crippen LogP contribution in [0.4, 0.5) is 0 Å². The second-order valence-electron chi connectivity index (χ2n) is 7.47. The average Bonchev–Trinajstić information content (AvgIpc) is 2.65. The van der Waals surface area contributed by atoms with E-state index in [1.165, 1.54) is 11.1 Å². The van der Waals surface area contributed by atoms with Crippen molar-refractivity contribution in [1.29, 1.82) is 0 Å². The average molecular weight is 384 g/mol. The van der Waals surface area contributed by atoms with Crippen molar-refractivity contribution in [1.82, 2.24) is 5.32 Å². The highest BCUT2D eigenvalue weighted by molar-refractivity contribution is 5.81. The maximum Gasteiger partial charge on any atom is 0.261 e. The molecule has 1 atom stereocenters. The Morgan fingerprint density at radius 1 is 1.00 bits per heavy atom. The molecule has 0 aromatic heterocycles. The largest absolute Gasteiger partial charge is 0.491 e. The van der Waals surface area contributed by atoms with Crippen LogP contribution in [-0.4, -0.2) is 24.7 Å². The van der Waals surface area contributed by atoms with Gasteiger partial charge in [0.1, 0.15) is 11.5 Å². The van der Waals surface area contributed by atoms with Crippen molar-refractivity contribution in [3.8, 4) is 11.5 Å². The molecule has 1 unspecified atom stereocenters. The molecule has 4 nitrogen and oxygen atoms in total. The number of nitrogens with one attached hydrogen (secondary N) is 1. The smallest absolute Gasteiger partial charge is 0.261 e. The SMILES string of the molecule is CCC(Oc1ccc(C)c(C)c1)C(=O)NCCCc1cccc(OC(C)C)c1. The molecule has 28 heavy (non-hydrogen) atoms. The van der Waals surface area contributed by atoms with Gasteiger partial charge in [0.2, 0.25) is 0 Å². The first-order valence-corrected chi connectivity index (χ1v) is 10.2. The van der Waals surface area contributed by atoms with Crippen LogP contribution in [0.15, 0.2) is 42.5 Å². The van der Waals surface area contributed by atoms with Crippen molar-refractivity contribution in [2.75, 3.05) is 6.54 Å². The van der Waals surface area contributed by atoms with Crippen LogP contribution in [0.1, 0.15) is 50.3 Å². The van der Waals surface area contributed by atoms with Gasteiger partial charge in [0.15, 0.2) is 6.10 Å². The second kappa shape index (κ2) is 10.7. The van der Waals surface area contributed by atoms with E-state index in [2.05, 4.69) is 24.4 Å². The fourth-order valence-electron chi connectivity index (χ4n) is 2.94. The Morgan fingerprint density at radius 2 is 1.75 bits per heavy atom. The Morgan fingerprint density at radius 3 is 2.43 bits per heavy atom. The topological polar surface area (TPSA) is 47.6 Å². The highest BCUT2D eigenvalue weighted by atomic mass is 16.5. The first-order chi connectivity index (χ1) is 13.4. The molecule has 0 bridgehead atoms. The number of benzene rings is 2. The summed E-state index contributed by atoms with van der Waals surface area (Å²) in [6.45, 7) is 10.7. The third-order valence-corrected chi connectivity index (χ3v) is 4.63. The Balaban J connectivity index is 1.79. The van der Waals surface area contributed by atoms with Crippen LogP contribution in [0.25, 0.3) is 0 Å². The molecule has 0 saturated heterocycles. The molecule has 0 saturated carbocycles. The van der Waals surface area contributed by atoms with Crippen LogP contribution in [0, 0.1) is 13.8 Å². The van der Waals surface area contributed by atoms with E-state index in [4.69, 9.17) is 9.47 Å². The number of ether oxygens (including phenoxy) is 2. The van der Waals surface area contributed by atoms with Gasteiger partial charge in [-0.1, -0.05) is 25.1 Å². The molecule has 0 fully saturated rings. The zero-order chi connectivity index (χ0) is 20.5. The molecule has 1 N–H and O–H groups in total. The Bertz CT molecular complexity index is 770. The van der Waals surface area contributed by atoms with Gasteiger partial charge in [0.25, 0.3) is 5.91 Å². The van der Waals surface area contributed by atoms with Crippen LogP contribution in [-0.2, 0) is 11.2 Å². The van der Waals surface area contributed by atoms with Crippen LogP contribution in [0.2, 0.25) is 0 Å². The van der Waals surface area contributed by atoms with Crippen molar-refractivity contribution in [3.05, 3.63) is 59.2 Å². The number of hydrogen-bond donors (Lipinski definition) is 1. The van der Waals surface area contributed by atoms with Crippen molar-refractivity contribution in [3.63, 3.8) is 0 Å². The molecule has 0 aliphatic heterocycles. The molecule has 0 radical (unpaired) electrons. The summed E-state index contributed by atoms with van der Waals surface area (Å²) in [5.74, 6) is 1.58. The molecule has 0 heterocycles. The summed E-state index contributed by atoms with van der Waals surface area (Å²) in [7, 11) is 0. The summed E-state index contributed by atoms with van der Waals surface area (Å²) < 4.78 is 11.6. The van der Waals surface area contributed by atoms with Gasteiger partial charge in [0, 0.05) is 6.54 Å². The van der Waals surface area contributed by atoms with E-state index in [9.17, 15) is 4.79 Å². The van der Waals surface area contributed by atoms with E-state index in [1.54, 1.807) is 0 Å². The molecule has 0 aliphatic rings. The minimum Gasteiger partial charge on any atom is -0.491 e.